The summed E-state index contributed by atoms with van der Waals surface area (Å²) in [5.41, 5.74) is 7.30. The summed E-state index contributed by atoms with van der Waals surface area (Å²) in [6.45, 7) is 0.598. The number of nitrogens with zero attached hydrogens (tertiary/aromatic N) is 2. The SMILES string of the molecule is CNC(=O)[C@@H]1CCCNN1C(=O)C(CCc1ccc(-c2cnc[nH]2)cc1)CC(CCCc1ccccc1)C(=O)O. The molecule has 1 fully saturated rings. The monoisotopic (exact) mass is 545 g/mol. The number of aromatic nitrogens is 2. The maximum atomic E-state index is 13.9. The van der Waals surface area contributed by atoms with Crippen molar-refractivity contribution in [3.63, 3.8) is 0 Å². The minimum atomic E-state index is -0.885. The average molecular weight is 546 g/mol. The lowest BCUT2D eigenvalue weighted by Gasteiger charge is -2.37. The van der Waals surface area contributed by atoms with Crippen LogP contribution in [-0.2, 0) is 27.2 Å². The summed E-state index contributed by atoms with van der Waals surface area (Å²) < 4.78 is 0. The van der Waals surface area contributed by atoms with Crippen LogP contribution in [-0.4, -0.2) is 57.5 Å². The molecule has 0 aliphatic carbocycles. The van der Waals surface area contributed by atoms with Crippen molar-refractivity contribution in [2.75, 3.05) is 13.6 Å². The molecule has 0 spiro atoms. The van der Waals surface area contributed by atoms with Crippen molar-refractivity contribution >= 4 is 17.8 Å². The molecule has 4 N–H and O–H groups in total. The first-order chi connectivity index (χ1) is 19.5. The van der Waals surface area contributed by atoms with Gasteiger partial charge in [-0.15, -0.1) is 0 Å². The third-order valence-electron chi connectivity index (χ3n) is 7.71. The summed E-state index contributed by atoms with van der Waals surface area (Å²) in [4.78, 5) is 45.9. The highest BCUT2D eigenvalue weighted by molar-refractivity contribution is 5.88. The number of hydrogen-bond acceptors (Lipinski definition) is 5. The smallest absolute Gasteiger partial charge is 0.306 e. The predicted octanol–water partition coefficient (Wildman–Crippen LogP) is 3.98. The Morgan fingerprint density at radius 3 is 2.45 bits per heavy atom. The van der Waals surface area contributed by atoms with Crippen molar-refractivity contribution < 1.29 is 19.5 Å². The Labute approximate surface area is 235 Å². The predicted molar refractivity (Wildman–Crippen MR) is 153 cm³/mol. The lowest BCUT2D eigenvalue weighted by atomic mass is 9.85. The second kappa shape index (κ2) is 14.4. The molecule has 0 radical (unpaired) electrons. The van der Waals surface area contributed by atoms with E-state index in [4.69, 9.17) is 0 Å². The number of H-pyrrole nitrogens is 1. The molecule has 2 unspecified atom stereocenters. The molecule has 40 heavy (non-hydrogen) atoms. The molecule has 212 valence electrons. The van der Waals surface area contributed by atoms with Gasteiger partial charge in [0.1, 0.15) is 6.04 Å². The van der Waals surface area contributed by atoms with Crippen LogP contribution in [0.1, 0.15) is 49.7 Å². The van der Waals surface area contributed by atoms with E-state index in [1.807, 2.05) is 54.6 Å². The van der Waals surface area contributed by atoms with E-state index in [-0.39, 0.29) is 18.2 Å². The van der Waals surface area contributed by atoms with E-state index < -0.39 is 23.8 Å². The zero-order valence-electron chi connectivity index (χ0n) is 23.0. The fraction of sp³-hybridized carbons (Fsp3) is 0.419. The largest absolute Gasteiger partial charge is 0.481 e. The molecule has 1 aliphatic rings. The maximum absolute atomic E-state index is 13.9. The highest BCUT2D eigenvalue weighted by atomic mass is 16.4. The van der Waals surface area contributed by atoms with E-state index in [1.54, 1.807) is 19.6 Å². The second-order valence-corrected chi connectivity index (χ2v) is 10.4. The molecule has 0 bridgehead atoms. The number of aliphatic carboxylic acids is 1. The van der Waals surface area contributed by atoms with Crippen molar-refractivity contribution in [1.29, 1.82) is 0 Å². The fourth-order valence-corrected chi connectivity index (χ4v) is 5.41. The summed E-state index contributed by atoms with van der Waals surface area (Å²) in [7, 11) is 1.57. The van der Waals surface area contributed by atoms with Crippen molar-refractivity contribution in [1.82, 2.24) is 25.7 Å². The number of benzene rings is 2. The molecule has 0 saturated carbocycles. The van der Waals surface area contributed by atoms with Gasteiger partial charge in [-0.2, -0.15) is 0 Å². The summed E-state index contributed by atoms with van der Waals surface area (Å²) in [5, 5.41) is 14.2. The molecular formula is C31H39N5O4. The van der Waals surface area contributed by atoms with E-state index in [1.165, 1.54) is 10.6 Å². The average Bonchev–Trinajstić information content (AvgIpc) is 3.53. The molecule has 2 heterocycles. The number of carbonyl (C=O) groups excluding carboxylic acids is 2. The maximum Gasteiger partial charge on any atom is 0.306 e. The quantitative estimate of drug-likeness (QED) is 0.257. The van der Waals surface area contributed by atoms with Crippen LogP contribution in [0.4, 0.5) is 0 Å². The number of aromatic amines is 1. The molecule has 1 aromatic heterocycles. The lowest BCUT2D eigenvalue weighted by Crippen LogP contribution is -2.59. The van der Waals surface area contributed by atoms with Crippen LogP contribution in [0.3, 0.4) is 0 Å². The fourth-order valence-electron chi connectivity index (χ4n) is 5.41. The molecule has 3 aromatic rings. The van der Waals surface area contributed by atoms with Gasteiger partial charge in [0.15, 0.2) is 0 Å². The number of aryl methyl sites for hydroxylation is 2. The highest BCUT2D eigenvalue weighted by Crippen LogP contribution is 2.27. The van der Waals surface area contributed by atoms with Crippen LogP contribution in [0.5, 0.6) is 0 Å². The molecule has 1 aliphatic heterocycles. The van der Waals surface area contributed by atoms with Crippen LogP contribution >= 0.6 is 0 Å². The minimum Gasteiger partial charge on any atom is -0.481 e. The zero-order valence-corrected chi connectivity index (χ0v) is 23.0. The van der Waals surface area contributed by atoms with Crippen LogP contribution < -0.4 is 10.7 Å². The number of carboxylic acids is 1. The van der Waals surface area contributed by atoms with Gasteiger partial charge < -0.3 is 15.4 Å². The van der Waals surface area contributed by atoms with E-state index in [0.29, 0.717) is 32.2 Å². The number of hydrogen-bond donors (Lipinski definition) is 4. The van der Waals surface area contributed by atoms with Gasteiger partial charge in [0.05, 0.1) is 24.1 Å². The Kier molecular flexibility index (Phi) is 10.5. The van der Waals surface area contributed by atoms with Crippen molar-refractivity contribution in [2.24, 2.45) is 11.8 Å². The van der Waals surface area contributed by atoms with Crippen molar-refractivity contribution in [3.05, 3.63) is 78.2 Å². The topological polar surface area (TPSA) is 127 Å². The standard InChI is InChI=1S/C31H39N5O4/c1-32-29(37)28-11-6-18-35-36(28)30(38)25(17-14-23-12-15-24(16-13-23)27-20-33-21-34-27)19-26(31(39)40)10-5-9-22-7-3-2-4-8-22/h2-4,7-8,12-13,15-16,20-21,25-26,28,35H,5-6,9-11,14,17-19H2,1H3,(H,32,37)(H,33,34)(H,39,40)/t25?,26?,28-/m0/s1. The van der Waals surface area contributed by atoms with Crippen LogP contribution in [0.2, 0.25) is 0 Å². The van der Waals surface area contributed by atoms with Crippen molar-refractivity contribution in [3.8, 4) is 11.3 Å². The third-order valence-corrected chi connectivity index (χ3v) is 7.71. The molecule has 4 rings (SSSR count). The Balaban J connectivity index is 1.48. The van der Waals surface area contributed by atoms with Crippen molar-refractivity contribution in [2.45, 2.75) is 57.4 Å². The number of hydrazine groups is 1. The van der Waals surface area contributed by atoms with Gasteiger partial charge >= 0.3 is 5.97 Å². The molecule has 2 aromatic carbocycles. The number of amides is 2. The minimum absolute atomic E-state index is 0.211. The number of nitrogens with one attached hydrogen (secondary N) is 3. The molecule has 9 heteroatoms. The summed E-state index contributed by atoms with van der Waals surface area (Å²) in [6.07, 6.45) is 8.09. The van der Waals surface area contributed by atoms with Gasteiger partial charge in [-0.3, -0.25) is 19.4 Å². The van der Waals surface area contributed by atoms with E-state index in [0.717, 1.165) is 36.1 Å². The van der Waals surface area contributed by atoms with E-state index in [2.05, 4.69) is 20.7 Å². The van der Waals surface area contributed by atoms with E-state index >= 15 is 0 Å². The van der Waals surface area contributed by atoms with Gasteiger partial charge in [-0.05, 0) is 68.1 Å². The normalized spacial score (nSPS) is 16.7. The third kappa shape index (κ3) is 7.79. The lowest BCUT2D eigenvalue weighted by molar-refractivity contribution is -0.151. The molecular weight excluding hydrogens is 506 g/mol. The Hall–Kier alpha value is -3.98. The Morgan fingerprint density at radius 2 is 1.77 bits per heavy atom. The highest BCUT2D eigenvalue weighted by Gasteiger charge is 2.37. The van der Waals surface area contributed by atoms with Gasteiger partial charge in [0, 0.05) is 19.5 Å². The summed E-state index contributed by atoms with van der Waals surface area (Å²) in [5.74, 6) is -2.50. The zero-order chi connectivity index (χ0) is 28.3. The number of carbonyl (C=O) groups is 3. The molecule has 2 amide bonds. The Bertz CT molecular complexity index is 1230. The summed E-state index contributed by atoms with van der Waals surface area (Å²) in [6, 6.07) is 17.5. The van der Waals surface area contributed by atoms with Crippen LogP contribution in [0, 0.1) is 11.8 Å². The van der Waals surface area contributed by atoms with Gasteiger partial charge in [0.25, 0.3) is 0 Å². The van der Waals surface area contributed by atoms with Crippen LogP contribution in [0.25, 0.3) is 11.3 Å². The number of imidazole rings is 1. The Morgan fingerprint density at radius 1 is 1.02 bits per heavy atom. The number of likely N-dealkylation sites (N-methyl/N-ethyl adjacent to an activating group) is 1. The summed E-state index contributed by atoms with van der Waals surface area (Å²) >= 11 is 0. The molecule has 3 atom stereocenters. The molecule has 1 saturated heterocycles. The first-order valence-corrected chi connectivity index (χ1v) is 14.1. The first-order valence-electron chi connectivity index (χ1n) is 14.1. The van der Waals surface area contributed by atoms with Gasteiger partial charge in [0.2, 0.25) is 11.8 Å². The van der Waals surface area contributed by atoms with Gasteiger partial charge in [-0.1, -0.05) is 54.6 Å². The molecule has 9 nitrogen and oxygen atoms in total. The van der Waals surface area contributed by atoms with Gasteiger partial charge in [-0.25, -0.2) is 10.4 Å². The first kappa shape index (κ1) is 29.0. The van der Waals surface area contributed by atoms with E-state index in [9.17, 15) is 19.5 Å². The second-order valence-electron chi connectivity index (χ2n) is 10.4. The van der Waals surface area contributed by atoms with Crippen LogP contribution in [0.15, 0.2) is 67.1 Å². The number of carboxylic acid groups (broad SMARTS) is 1. The number of rotatable bonds is 13.